The number of benzene rings is 1. The molecule has 0 unspecified atom stereocenters. The van der Waals surface area contributed by atoms with Crippen molar-refractivity contribution in [3.05, 3.63) is 35.4 Å². The van der Waals surface area contributed by atoms with Crippen LogP contribution >= 0.6 is 11.9 Å². The fourth-order valence-electron chi connectivity index (χ4n) is 5.82. The standard InChI is InChI=1S/C29H58O4S.C10H8ClF3O2/c1-2-3-4-5-6-7-8-9-10-11-12-13-14-15-16-17-18-19-20-21-22-23-24-25-27-34(32,33)28-26-29(30)31;11-16-9(15)5-4-7-2-1-3-8(6-7)10(12,13)14/h2-28H2,1H3,(H,30,31);1-3,6H,4-5H2. The molecule has 0 heterocycles. The van der Waals surface area contributed by atoms with Gasteiger partial charge in [0.05, 0.1) is 29.9 Å². The van der Waals surface area contributed by atoms with Crippen LogP contribution in [0.5, 0.6) is 0 Å². The summed E-state index contributed by atoms with van der Waals surface area (Å²) < 4.78 is 64.2. The van der Waals surface area contributed by atoms with Crippen molar-refractivity contribution < 1.29 is 40.6 Å². The Kier molecular flexibility index (Phi) is 30.7. The molecule has 11 heteroatoms. The van der Waals surface area contributed by atoms with E-state index in [1.165, 1.54) is 147 Å². The summed E-state index contributed by atoms with van der Waals surface area (Å²) in [6.45, 7) is 2.28. The molecule has 0 spiro atoms. The molecule has 0 aromatic heterocycles. The van der Waals surface area contributed by atoms with Crippen LogP contribution < -0.4 is 0 Å². The van der Waals surface area contributed by atoms with E-state index in [-0.39, 0.29) is 30.8 Å². The quantitative estimate of drug-likeness (QED) is 0.0758. The highest BCUT2D eigenvalue weighted by atomic mass is 35.5. The normalized spacial score (nSPS) is 11.6. The molecule has 0 aliphatic carbocycles. The Labute approximate surface area is 306 Å². The number of hydrogen-bond acceptors (Lipinski definition) is 5. The van der Waals surface area contributed by atoms with Gasteiger partial charge in [0, 0.05) is 0 Å². The monoisotopic (exact) mass is 754 g/mol. The summed E-state index contributed by atoms with van der Waals surface area (Å²) in [6.07, 6.45) is 27.4. The van der Waals surface area contributed by atoms with Gasteiger partial charge in [0.1, 0.15) is 11.9 Å². The third-order valence-electron chi connectivity index (χ3n) is 8.89. The van der Waals surface area contributed by atoms with Gasteiger partial charge in [-0.3, -0.25) is 9.59 Å². The molecule has 50 heavy (non-hydrogen) atoms. The molecule has 1 aromatic carbocycles. The number of unbranched alkanes of at least 4 members (excludes halogenated alkanes) is 23. The van der Waals surface area contributed by atoms with Crippen LogP contribution in [0.1, 0.15) is 185 Å². The van der Waals surface area contributed by atoms with Crippen LogP contribution in [0.15, 0.2) is 24.3 Å². The topological polar surface area (TPSA) is 97.7 Å². The molecule has 0 aliphatic rings. The maximum Gasteiger partial charge on any atom is 0.416 e. The molecule has 0 radical (unpaired) electrons. The molecular formula is C39H66ClF3O6S. The van der Waals surface area contributed by atoms with Crippen molar-refractivity contribution in [3.63, 3.8) is 0 Å². The van der Waals surface area contributed by atoms with E-state index in [0.29, 0.717) is 12.0 Å². The largest absolute Gasteiger partial charge is 0.481 e. The van der Waals surface area contributed by atoms with Gasteiger partial charge in [-0.15, -0.1) is 0 Å². The molecule has 0 atom stereocenters. The smallest absolute Gasteiger partial charge is 0.416 e. The SMILES string of the molecule is CCCCCCCCCCCCCCCCCCCCCCCCCCS(=O)(=O)CCC(=O)O.O=C(CCc1cccc(C(F)(F)F)c1)OCl. The minimum absolute atomic E-state index is 0.0508. The van der Waals surface area contributed by atoms with Gasteiger partial charge in [-0.25, -0.2) is 8.42 Å². The van der Waals surface area contributed by atoms with E-state index in [4.69, 9.17) is 17.0 Å². The zero-order valence-electron chi connectivity index (χ0n) is 30.7. The minimum atomic E-state index is -4.37. The third-order valence-corrected chi connectivity index (χ3v) is 10.8. The summed E-state index contributed by atoms with van der Waals surface area (Å²) in [5.41, 5.74) is -0.318. The van der Waals surface area contributed by atoms with Crippen LogP contribution in [-0.4, -0.2) is 37.0 Å². The van der Waals surface area contributed by atoms with Crippen LogP contribution in [0, 0.1) is 0 Å². The van der Waals surface area contributed by atoms with Gasteiger partial charge in [0.25, 0.3) is 0 Å². The number of carbonyl (C=O) groups is 2. The number of aliphatic carboxylic acids is 1. The van der Waals surface area contributed by atoms with Crippen LogP contribution in [0.4, 0.5) is 13.2 Å². The van der Waals surface area contributed by atoms with Crippen LogP contribution in [0.2, 0.25) is 0 Å². The zero-order valence-corrected chi connectivity index (χ0v) is 32.3. The Morgan fingerprint density at radius 3 is 1.42 bits per heavy atom. The molecule has 0 aliphatic heterocycles. The number of carbonyl (C=O) groups excluding carboxylic acids is 1. The highest BCUT2D eigenvalue weighted by Crippen LogP contribution is 2.29. The molecule has 0 fully saturated rings. The summed E-state index contributed by atoms with van der Waals surface area (Å²) in [4.78, 5) is 21.2. The fraction of sp³-hybridized carbons (Fsp3) is 0.795. The number of alkyl halides is 3. The maximum atomic E-state index is 12.3. The summed E-state index contributed by atoms with van der Waals surface area (Å²) in [5, 5.41) is 8.57. The first kappa shape index (κ1) is 48.2. The first-order valence-electron chi connectivity index (χ1n) is 19.3. The van der Waals surface area contributed by atoms with E-state index < -0.39 is 33.5 Å². The van der Waals surface area contributed by atoms with Crippen LogP contribution in [0.3, 0.4) is 0 Å². The molecular weight excluding hydrogens is 689 g/mol. The predicted molar refractivity (Wildman–Crippen MR) is 199 cm³/mol. The number of halogens is 4. The highest BCUT2D eigenvalue weighted by molar-refractivity contribution is 7.91. The number of rotatable bonds is 31. The second-order valence-electron chi connectivity index (χ2n) is 13.6. The van der Waals surface area contributed by atoms with E-state index in [1.807, 2.05) is 0 Å². The van der Waals surface area contributed by atoms with Crippen molar-refractivity contribution in [3.8, 4) is 0 Å². The third kappa shape index (κ3) is 32.1. The van der Waals surface area contributed by atoms with Crippen molar-refractivity contribution in [2.75, 3.05) is 11.5 Å². The van der Waals surface area contributed by atoms with E-state index >= 15 is 0 Å². The van der Waals surface area contributed by atoms with E-state index in [0.717, 1.165) is 25.0 Å². The lowest BCUT2D eigenvalue weighted by Gasteiger charge is -2.07. The molecule has 0 bridgehead atoms. The van der Waals surface area contributed by atoms with Crippen LogP contribution in [-0.2, 0) is 36.3 Å². The van der Waals surface area contributed by atoms with E-state index in [1.54, 1.807) is 0 Å². The lowest BCUT2D eigenvalue weighted by molar-refractivity contribution is -0.138. The highest BCUT2D eigenvalue weighted by Gasteiger charge is 2.30. The molecule has 292 valence electrons. The molecule has 1 rings (SSSR count). The van der Waals surface area contributed by atoms with Gasteiger partial charge in [-0.1, -0.05) is 173 Å². The molecule has 1 aromatic rings. The number of sulfone groups is 1. The van der Waals surface area contributed by atoms with Crippen molar-refractivity contribution in [1.82, 2.24) is 0 Å². The van der Waals surface area contributed by atoms with Crippen LogP contribution in [0.25, 0.3) is 0 Å². The lowest BCUT2D eigenvalue weighted by atomic mass is 10.0. The first-order valence-corrected chi connectivity index (χ1v) is 21.4. The molecule has 0 amide bonds. The Hall–Kier alpha value is -1.81. The van der Waals surface area contributed by atoms with Crippen molar-refractivity contribution in [2.24, 2.45) is 0 Å². The molecule has 1 N–H and O–H groups in total. The summed E-state index contributed by atoms with van der Waals surface area (Å²) >= 11 is 4.79. The number of aryl methyl sites for hydroxylation is 1. The van der Waals surface area contributed by atoms with Crippen molar-refractivity contribution in [2.45, 2.75) is 186 Å². The van der Waals surface area contributed by atoms with Gasteiger partial charge in [0.2, 0.25) is 0 Å². The minimum Gasteiger partial charge on any atom is -0.481 e. The van der Waals surface area contributed by atoms with Gasteiger partial charge in [0.15, 0.2) is 9.84 Å². The second-order valence-corrected chi connectivity index (χ2v) is 16.0. The van der Waals surface area contributed by atoms with Crippen molar-refractivity contribution >= 4 is 33.6 Å². The molecule has 6 nitrogen and oxygen atoms in total. The van der Waals surface area contributed by atoms with Gasteiger partial charge >= 0.3 is 18.1 Å². The van der Waals surface area contributed by atoms with Crippen molar-refractivity contribution in [1.29, 1.82) is 0 Å². The average Bonchev–Trinajstić information content (AvgIpc) is 3.08. The molecule has 0 saturated carbocycles. The van der Waals surface area contributed by atoms with E-state index in [9.17, 15) is 31.2 Å². The summed E-state index contributed by atoms with van der Waals surface area (Å²) in [7, 11) is -3.18. The zero-order chi connectivity index (χ0) is 37.4. The van der Waals surface area contributed by atoms with Gasteiger partial charge in [-0.05, 0) is 24.5 Å². The van der Waals surface area contributed by atoms with E-state index in [2.05, 4.69) is 11.2 Å². The Morgan fingerprint density at radius 2 is 1.06 bits per heavy atom. The predicted octanol–water partition coefficient (Wildman–Crippen LogP) is 12.6. The Morgan fingerprint density at radius 1 is 0.660 bits per heavy atom. The maximum absolute atomic E-state index is 12.3. The number of carboxylic acids is 1. The summed E-state index contributed by atoms with van der Waals surface area (Å²) in [6, 6.07) is 4.78. The fourth-order valence-corrected chi connectivity index (χ4v) is 7.23. The number of hydrogen-bond donors (Lipinski definition) is 1. The Bertz CT molecular complexity index is 1080. The average molecular weight is 755 g/mol. The molecule has 0 saturated heterocycles. The lowest BCUT2D eigenvalue weighted by Crippen LogP contribution is -2.14. The first-order chi connectivity index (χ1) is 23.9. The second kappa shape index (κ2) is 31.9. The Balaban J connectivity index is 0.00000124. The summed E-state index contributed by atoms with van der Waals surface area (Å²) in [5.74, 6) is -1.79. The van der Waals surface area contributed by atoms with Gasteiger partial charge in [-0.2, -0.15) is 13.2 Å². The number of carboxylic acid groups (broad SMARTS) is 1. The van der Waals surface area contributed by atoms with Gasteiger partial charge < -0.3 is 9.40 Å².